The zero-order chi connectivity index (χ0) is 43.3. The summed E-state index contributed by atoms with van der Waals surface area (Å²) in [4.78, 5) is 2.54. The smallest absolute Gasteiger partial charge is 0.0726 e. The van der Waals surface area contributed by atoms with Crippen LogP contribution in [0.4, 0.5) is 17.1 Å². The van der Waals surface area contributed by atoms with Crippen molar-refractivity contribution in [1.29, 1.82) is 0 Å². The van der Waals surface area contributed by atoms with Crippen molar-refractivity contribution >= 4 is 60.2 Å². The van der Waals surface area contributed by atoms with Gasteiger partial charge < -0.3 is 4.90 Å². The summed E-state index contributed by atoms with van der Waals surface area (Å²) in [7, 11) is 0. The van der Waals surface area contributed by atoms with Crippen LogP contribution in [-0.4, -0.2) is 0 Å². The summed E-state index contributed by atoms with van der Waals surface area (Å²) >= 11 is 0. The van der Waals surface area contributed by atoms with Crippen molar-refractivity contribution in [2.45, 2.75) is 5.41 Å². The van der Waals surface area contributed by atoms with Gasteiger partial charge in [0.15, 0.2) is 0 Å². The molecule has 0 heterocycles. The van der Waals surface area contributed by atoms with Gasteiger partial charge >= 0.3 is 0 Å². The predicted molar refractivity (Wildman–Crippen MR) is 278 cm³/mol. The van der Waals surface area contributed by atoms with Crippen molar-refractivity contribution in [3.63, 3.8) is 0 Å². The number of benzene rings is 12. The molecule has 2 aliphatic carbocycles. The first-order chi connectivity index (χ1) is 32.7. The number of hydrogen-bond donors (Lipinski definition) is 0. The first-order valence-electron chi connectivity index (χ1n) is 23.0. The van der Waals surface area contributed by atoms with Crippen molar-refractivity contribution < 1.29 is 0 Å². The second-order valence-electron chi connectivity index (χ2n) is 17.9. The van der Waals surface area contributed by atoms with Gasteiger partial charge in [-0.25, -0.2) is 0 Å². The first-order valence-corrected chi connectivity index (χ1v) is 23.0. The SMILES string of the molecule is c1ccc(-c2ccc(-c3cc4c(cc3N(c3ccc5ccccc5c3)c3ccc5c6ccccc6c6ccccc6c5c3)C3(c5ccccc5-c5ccccc53)c3ccccc3-4)cc2)cc1. The largest absolute Gasteiger partial charge is 0.310 e. The molecular weight excluding hydrogens is 795 g/mol. The quantitative estimate of drug-likeness (QED) is 0.156. The third-order valence-electron chi connectivity index (χ3n) is 14.6. The first kappa shape index (κ1) is 36.9. The molecule has 0 radical (unpaired) electrons. The Morgan fingerprint density at radius 2 is 0.697 bits per heavy atom. The monoisotopic (exact) mass is 835 g/mol. The molecule has 1 nitrogen and oxygen atoms in total. The van der Waals surface area contributed by atoms with Gasteiger partial charge in [0.2, 0.25) is 0 Å². The minimum atomic E-state index is -0.503. The molecule has 306 valence electrons. The second kappa shape index (κ2) is 14.2. The predicted octanol–water partition coefficient (Wildman–Crippen LogP) is 17.4. The van der Waals surface area contributed by atoms with E-state index in [4.69, 9.17) is 0 Å². The van der Waals surface area contributed by atoms with Crippen LogP contribution in [0.25, 0.3) is 87.6 Å². The molecule has 0 fully saturated rings. The van der Waals surface area contributed by atoms with Gasteiger partial charge in [-0.15, -0.1) is 0 Å². The third-order valence-corrected chi connectivity index (χ3v) is 14.6. The van der Waals surface area contributed by atoms with Crippen molar-refractivity contribution in [2.75, 3.05) is 4.90 Å². The number of fused-ring (bicyclic) bond motifs is 17. The topological polar surface area (TPSA) is 3.24 Å². The maximum Gasteiger partial charge on any atom is 0.0726 e. The number of hydrogen-bond acceptors (Lipinski definition) is 1. The molecule has 0 atom stereocenters. The molecule has 1 spiro atoms. The van der Waals surface area contributed by atoms with E-state index >= 15 is 0 Å². The lowest BCUT2D eigenvalue weighted by Crippen LogP contribution is -2.26. The van der Waals surface area contributed by atoms with Crippen molar-refractivity contribution in [3.05, 3.63) is 271 Å². The Morgan fingerprint density at radius 1 is 0.242 bits per heavy atom. The van der Waals surface area contributed by atoms with E-state index in [0.717, 1.165) is 17.1 Å². The molecule has 0 aliphatic heterocycles. The molecule has 0 amide bonds. The highest BCUT2D eigenvalue weighted by atomic mass is 15.1. The molecule has 12 aromatic carbocycles. The third kappa shape index (κ3) is 5.23. The van der Waals surface area contributed by atoms with E-state index in [0.29, 0.717) is 0 Å². The highest BCUT2D eigenvalue weighted by Crippen LogP contribution is 2.64. The molecule has 0 aromatic heterocycles. The van der Waals surface area contributed by atoms with Gasteiger partial charge in [-0.05, 0) is 141 Å². The summed E-state index contributed by atoms with van der Waals surface area (Å²) in [5.41, 5.74) is 18.1. The van der Waals surface area contributed by atoms with Crippen LogP contribution in [-0.2, 0) is 5.41 Å². The molecule has 0 saturated carbocycles. The van der Waals surface area contributed by atoms with Gasteiger partial charge in [0.25, 0.3) is 0 Å². The van der Waals surface area contributed by atoms with E-state index in [2.05, 4.69) is 254 Å². The van der Waals surface area contributed by atoms with Crippen LogP contribution in [0.1, 0.15) is 22.3 Å². The number of rotatable bonds is 5. The summed E-state index contributed by atoms with van der Waals surface area (Å²) in [5, 5.41) is 9.99. The van der Waals surface area contributed by atoms with Crippen LogP contribution in [0.3, 0.4) is 0 Å². The Bertz CT molecular complexity index is 3850. The molecule has 0 saturated heterocycles. The van der Waals surface area contributed by atoms with Gasteiger partial charge in [-0.3, -0.25) is 0 Å². The molecule has 1 heteroatoms. The Labute approximate surface area is 384 Å². The van der Waals surface area contributed by atoms with E-state index in [1.165, 1.54) is 110 Å². The Hall–Kier alpha value is -8.52. The average Bonchev–Trinajstić information content (AvgIpc) is 3.86. The fraction of sp³-hybridized carbons (Fsp3) is 0.0154. The van der Waals surface area contributed by atoms with E-state index < -0.39 is 5.41 Å². The maximum atomic E-state index is 2.56. The molecule has 14 rings (SSSR count). The minimum Gasteiger partial charge on any atom is -0.310 e. The minimum absolute atomic E-state index is 0.503. The van der Waals surface area contributed by atoms with Crippen molar-refractivity contribution in [1.82, 2.24) is 0 Å². The Balaban J connectivity index is 1.11. The van der Waals surface area contributed by atoms with E-state index in [9.17, 15) is 0 Å². The summed E-state index contributed by atoms with van der Waals surface area (Å²) in [6.45, 7) is 0. The summed E-state index contributed by atoms with van der Waals surface area (Å²) in [5.74, 6) is 0. The van der Waals surface area contributed by atoms with E-state index in [-0.39, 0.29) is 0 Å². The van der Waals surface area contributed by atoms with Crippen LogP contribution < -0.4 is 4.90 Å². The fourth-order valence-corrected chi connectivity index (χ4v) is 11.8. The number of nitrogens with zero attached hydrogens (tertiary/aromatic N) is 1. The lowest BCUT2D eigenvalue weighted by atomic mass is 9.70. The van der Waals surface area contributed by atoms with Gasteiger partial charge in [0, 0.05) is 16.9 Å². The Kier molecular flexibility index (Phi) is 7.97. The standard InChI is InChI=1S/C65H41N/c1-2-16-42(17-3-1)44-30-32-45(33-31-44)57-40-59-56-26-12-15-29-62(56)65(60-27-13-10-24-54(60)55-25-11-14-28-61(55)65)63(59)41-64(57)66(47-35-34-43-18-4-5-19-46(43)38-47)48-36-37-53-51-22-7-6-20-49(51)50-21-8-9-23-52(50)58(53)39-48/h1-41H. The molecule has 0 unspecified atom stereocenters. The van der Waals surface area contributed by atoms with Crippen LogP contribution in [0.15, 0.2) is 249 Å². The fourth-order valence-electron chi connectivity index (χ4n) is 11.8. The highest BCUT2D eigenvalue weighted by Gasteiger charge is 2.52. The second-order valence-corrected chi connectivity index (χ2v) is 17.9. The van der Waals surface area contributed by atoms with Gasteiger partial charge in [-0.1, -0.05) is 212 Å². The zero-order valence-corrected chi connectivity index (χ0v) is 36.1. The van der Waals surface area contributed by atoms with Crippen molar-refractivity contribution in [2.24, 2.45) is 0 Å². The highest BCUT2D eigenvalue weighted by molar-refractivity contribution is 6.26. The van der Waals surface area contributed by atoms with Crippen molar-refractivity contribution in [3.8, 4) is 44.5 Å². The van der Waals surface area contributed by atoms with Crippen LogP contribution >= 0.6 is 0 Å². The van der Waals surface area contributed by atoms with Crippen LogP contribution in [0, 0.1) is 0 Å². The van der Waals surface area contributed by atoms with Crippen LogP contribution in [0.5, 0.6) is 0 Å². The molecular formula is C65H41N. The lowest BCUT2D eigenvalue weighted by molar-refractivity contribution is 0.794. The molecule has 2 aliphatic rings. The molecule has 0 bridgehead atoms. The van der Waals surface area contributed by atoms with Gasteiger partial charge in [0.1, 0.15) is 0 Å². The van der Waals surface area contributed by atoms with E-state index in [1.54, 1.807) is 0 Å². The number of anilines is 3. The molecule has 0 N–H and O–H groups in total. The summed E-state index contributed by atoms with van der Waals surface area (Å²) < 4.78 is 0. The normalized spacial score (nSPS) is 13.0. The molecule has 12 aromatic rings. The Morgan fingerprint density at radius 3 is 1.33 bits per heavy atom. The average molecular weight is 836 g/mol. The lowest BCUT2D eigenvalue weighted by Gasteiger charge is -2.33. The summed E-state index contributed by atoms with van der Waals surface area (Å²) in [6.07, 6.45) is 0. The van der Waals surface area contributed by atoms with Gasteiger partial charge in [-0.2, -0.15) is 0 Å². The summed E-state index contributed by atoms with van der Waals surface area (Å²) in [6, 6.07) is 93.0. The zero-order valence-electron chi connectivity index (χ0n) is 36.1. The van der Waals surface area contributed by atoms with Gasteiger partial charge in [0.05, 0.1) is 11.1 Å². The van der Waals surface area contributed by atoms with Crippen LogP contribution in [0.2, 0.25) is 0 Å². The maximum absolute atomic E-state index is 2.56. The molecule has 66 heavy (non-hydrogen) atoms. The van der Waals surface area contributed by atoms with E-state index in [1.807, 2.05) is 0 Å².